The van der Waals surface area contributed by atoms with Crippen LogP contribution in [0.5, 0.6) is 0 Å². The largest absolute Gasteiger partial charge is 1.00 e. The topological polar surface area (TPSA) is 96.2 Å². The van der Waals surface area contributed by atoms with Crippen LogP contribution in [0.1, 0.15) is 39.5 Å². The number of aliphatic carboxylic acids is 1. The first-order chi connectivity index (χ1) is 9.45. The summed E-state index contributed by atoms with van der Waals surface area (Å²) in [7, 11) is 0. The molecule has 0 aliphatic rings. The minimum Gasteiger partial charge on any atom is -0.862 e. The number of hydrogen-bond donors (Lipinski definition) is 2. The number of carbonyl (C=O) groups is 1. The molecule has 0 radical (unpaired) electrons. The number of aliphatic imine (C=N–C) groups is 1. The Labute approximate surface area is 138 Å². The molecule has 0 aromatic heterocycles. The summed E-state index contributed by atoms with van der Waals surface area (Å²) in [6, 6.07) is 0. The summed E-state index contributed by atoms with van der Waals surface area (Å²) >= 11 is 0. The van der Waals surface area contributed by atoms with Gasteiger partial charge in [0.05, 0.1) is 19.3 Å². The van der Waals surface area contributed by atoms with Crippen molar-refractivity contribution < 1.29 is 39.0 Å². The summed E-state index contributed by atoms with van der Waals surface area (Å²) in [5.74, 6) is -1.22. The molecule has 0 spiro atoms. The van der Waals surface area contributed by atoms with Crippen LogP contribution in [0.15, 0.2) is 17.1 Å². The summed E-state index contributed by atoms with van der Waals surface area (Å²) in [6.07, 6.45) is 6.44. The van der Waals surface area contributed by atoms with E-state index in [0.29, 0.717) is 6.42 Å². The van der Waals surface area contributed by atoms with Gasteiger partial charge in [0.25, 0.3) is 0 Å². The van der Waals surface area contributed by atoms with E-state index in [4.69, 9.17) is 5.11 Å². The van der Waals surface area contributed by atoms with Gasteiger partial charge in [0.15, 0.2) is 0 Å². The van der Waals surface area contributed by atoms with Crippen molar-refractivity contribution in [1.29, 1.82) is 0 Å². The van der Waals surface area contributed by atoms with Crippen LogP contribution in [-0.4, -0.2) is 52.8 Å². The Morgan fingerprint density at radius 3 is 2.62 bits per heavy atom. The number of carboxylic acid groups (broad SMARTS) is 1. The SMILES string of the molecule is C/C=C/CCCCC([O-])=NCN(CC(=O)O)CC(C)O.[Li+]. The van der Waals surface area contributed by atoms with Crippen LogP contribution in [0.25, 0.3) is 0 Å². The van der Waals surface area contributed by atoms with Crippen molar-refractivity contribution in [2.75, 3.05) is 19.8 Å². The molecule has 0 rings (SSSR count). The van der Waals surface area contributed by atoms with Crippen molar-refractivity contribution in [3.8, 4) is 0 Å². The van der Waals surface area contributed by atoms with E-state index in [0.717, 1.165) is 19.3 Å². The normalized spacial score (nSPS) is 13.4. The van der Waals surface area contributed by atoms with E-state index in [-0.39, 0.29) is 44.5 Å². The third-order valence-electron chi connectivity index (χ3n) is 2.58. The summed E-state index contributed by atoms with van der Waals surface area (Å²) < 4.78 is 0. The van der Waals surface area contributed by atoms with Crippen LogP contribution < -0.4 is 24.0 Å². The Balaban J connectivity index is 0. The zero-order valence-electron chi connectivity index (χ0n) is 13.3. The van der Waals surface area contributed by atoms with Gasteiger partial charge < -0.3 is 15.3 Å². The van der Waals surface area contributed by atoms with E-state index in [1.54, 1.807) is 6.92 Å². The van der Waals surface area contributed by atoms with Gasteiger partial charge in [0.2, 0.25) is 0 Å². The summed E-state index contributed by atoms with van der Waals surface area (Å²) in [5, 5.41) is 29.5. The monoisotopic (exact) mass is 292 g/mol. The van der Waals surface area contributed by atoms with Gasteiger partial charge >= 0.3 is 24.8 Å². The van der Waals surface area contributed by atoms with Crippen LogP contribution in [0.2, 0.25) is 0 Å². The first-order valence-corrected chi connectivity index (χ1v) is 6.89. The maximum absolute atomic E-state index is 11.5. The zero-order chi connectivity index (χ0) is 15.4. The zero-order valence-corrected chi connectivity index (χ0v) is 13.3. The van der Waals surface area contributed by atoms with E-state index >= 15 is 0 Å². The molecule has 0 saturated carbocycles. The molecule has 7 heteroatoms. The Morgan fingerprint density at radius 1 is 1.43 bits per heavy atom. The second-order valence-corrected chi connectivity index (χ2v) is 4.76. The van der Waals surface area contributed by atoms with Crippen LogP contribution in [0, 0.1) is 0 Å². The number of carboxylic acids is 1. The van der Waals surface area contributed by atoms with Gasteiger partial charge in [-0.05, 0) is 45.4 Å². The molecule has 0 aliphatic carbocycles. The molecule has 116 valence electrons. The van der Waals surface area contributed by atoms with Gasteiger partial charge in [-0.25, -0.2) is 0 Å². The second kappa shape index (κ2) is 14.1. The van der Waals surface area contributed by atoms with Gasteiger partial charge in [-0.2, -0.15) is 0 Å². The molecule has 0 heterocycles. The molecule has 0 saturated heterocycles. The van der Waals surface area contributed by atoms with Crippen molar-refractivity contribution in [2.24, 2.45) is 4.99 Å². The molecule has 0 aliphatic heterocycles. The second-order valence-electron chi connectivity index (χ2n) is 4.76. The molecular weight excluding hydrogens is 267 g/mol. The molecule has 21 heavy (non-hydrogen) atoms. The van der Waals surface area contributed by atoms with E-state index in [1.807, 2.05) is 13.0 Å². The average molecular weight is 292 g/mol. The maximum atomic E-state index is 11.5. The predicted octanol–water partition coefficient (Wildman–Crippen LogP) is -2.39. The van der Waals surface area contributed by atoms with Crippen molar-refractivity contribution >= 4 is 11.9 Å². The molecule has 1 atom stereocenters. The summed E-state index contributed by atoms with van der Waals surface area (Å²) in [5.41, 5.74) is 0. The molecule has 0 fully saturated rings. The van der Waals surface area contributed by atoms with Gasteiger partial charge in [-0.3, -0.25) is 14.7 Å². The summed E-state index contributed by atoms with van der Waals surface area (Å²) in [4.78, 5) is 15.9. The van der Waals surface area contributed by atoms with Crippen LogP contribution in [0.3, 0.4) is 0 Å². The third-order valence-corrected chi connectivity index (χ3v) is 2.58. The van der Waals surface area contributed by atoms with Gasteiger partial charge in [0.1, 0.15) is 0 Å². The van der Waals surface area contributed by atoms with E-state index < -0.39 is 12.1 Å². The fraction of sp³-hybridized carbons (Fsp3) is 0.714. The Bertz CT molecular complexity index is 333. The average Bonchev–Trinajstić information content (AvgIpc) is 2.34. The molecule has 1 unspecified atom stereocenters. The standard InChI is InChI=1S/C14H26N2O4.Li/c1-3-4-5-6-7-8-13(18)15-11-16(9-12(2)17)10-14(19)20;/h3-4,12,17H,5-11H2,1-2H3,(H,15,18)(H,19,20);/q;+1/p-1/b4-3+;. The van der Waals surface area contributed by atoms with Crippen LogP contribution in [-0.2, 0) is 4.79 Å². The third kappa shape index (κ3) is 15.4. The molecular formula is C14H25LiN2O4. The first-order valence-electron chi connectivity index (χ1n) is 6.89. The van der Waals surface area contributed by atoms with Crippen LogP contribution in [0.4, 0.5) is 0 Å². The Kier molecular flexibility index (Phi) is 15.1. The number of nitrogens with zero attached hydrogens (tertiary/aromatic N) is 2. The number of aliphatic hydroxyl groups excluding tert-OH is 1. The fourth-order valence-electron chi connectivity index (χ4n) is 1.70. The van der Waals surface area contributed by atoms with E-state index in [9.17, 15) is 15.0 Å². The van der Waals surface area contributed by atoms with Crippen molar-refractivity contribution in [2.45, 2.75) is 45.6 Å². The minimum atomic E-state index is -1.00. The molecule has 6 nitrogen and oxygen atoms in total. The van der Waals surface area contributed by atoms with Crippen molar-refractivity contribution in [3.63, 3.8) is 0 Å². The predicted molar refractivity (Wildman–Crippen MR) is 76.5 cm³/mol. The molecule has 0 aromatic rings. The summed E-state index contributed by atoms with van der Waals surface area (Å²) in [6.45, 7) is 3.50. The van der Waals surface area contributed by atoms with Crippen molar-refractivity contribution in [1.82, 2.24) is 4.90 Å². The number of hydrogen-bond acceptors (Lipinski definition) is 5. The number of rotatable bonds is 11. The Hall–Kier alpha value is -0.803. The fourth-order valence-corrected chi connectivity index (χ4v) is 1.70. The maximum Gasteiger partial charge on any atom is 1.00 e. The smallest absolute Gasteiger partial charge is 0.862 e. The number of aliphatic hydroxyl groups is 1. The van der Waals surface area contributed by atoms with Gasteiger partial charge in [-0.15, -0.1) is 0 Å². The van der Waals surface area contributed by atoms with Gasteiger partial charge in [-0.1, -0.05) is 12.2 Å². The van der Waals surface area contributed by atoms with Crippen molar-refractivity contribution in [3.05, 3.63) is 12.2 Å². The molecule has 0 amide bonds. The molecule has 0 aromatic carbocycles. The Morgan fingerprint density at radius 2 is 2.10 bits per heavy atom. The molecule has 0 bridgehead atoms. The first kappa shape index (κ1) is 22.5. The quantitative estimate of drug-likeness (QED) is 0.146. The number of unbranched alkanes of at least 4 members (excludes halogenated alkanes) is 2. The van der Waals surface area contributed by atoms with Crippen LogP contribution >= 0.6 is 0 Å². The van der Waals surface area contributed by atoms with E-state index in [2.05, 4.69) is 11.1 Å². The van der Waals surface area contributed by atoms with Gasteiger partial charge in [0, 0.05) is 6.54 Å². The minimum absolute atomic E-state index is 0. The van der Waals surface area contributed by atoms with E-state index in [1.165, 1.54) is 4.90 Å². The molecule has 2 N–H and O–H groups in total. The number of allylic oxidation sites excluding steroid dienone is 2.